The molecule has 0 aliphatic carbocycles. The van der Waals surface area contributed by atoms with Gasteiger partial charge in [-0.1, -0.05) is 30.3 Å². The number of furan rings is 1. The van der Waals surface area contributed by atoms with Gasteiger partial charge in [-0.2, -0.15) is 0 Å². The van der Waals surface area contributed by atoms with Gasteiger partial charge in [0.1, 0.15) is 11.2 Å². The first-order valence-corrected chi connectivity index (χ1v) is 5.50. The summed E-state index contributed by atoms with van der Waals surface area (Å²) in [5, 5.41) is 3.10. The van der Waals surface area contributed by atoms with Crippen LogP contribution in [0.25, 0.3) is 32.8 Å². The lowest BCUT2D eigenvalue weighted by Crippen LogP contribution is -1.78. The number of para-hydroxylation sites is 1. The molecule has 0 N–H and O–H groups in total. The van der Waals surface area contributed by atoms with E-state index in [1.807, 2.05) is 42.6 Å². The molecular weight excluding hydrogens is 210 g/mol. The normalized spacial score (nSPS) is 11.5. The molecule has 0 aliphatic rings. The second-order valence-electron chi connectivity index (χ2n) is 4.03. The highest BCUT2D eigenvalue weighted by Gasteiger charge is 2.09. The third-order valence-corrected chi connectivity index (χ3v) is 3.03. The smallest absolute Gasteiger partial charge is 0.146 e. The number of pyridine rings is 1. The van der Waals surface area contributed by atoms with Crippen LogP contribution in [0.15, 0.2) is 53.1 Å². The molecular formula is C15H8NO. The number of hydrogen-bond acceptors (Lipinski definition) is 2. The Kier molecular flexibility index (Phi) is 1.59. The third-order valence-electron chi connectivity index (χ3n) is 3.03. The summed E-state index contributed by atoms with van der Waals surface area (Å²) in [6.45, 7) is 0. The first kappa shape index (κ1) is 8.76. The fourth-order valence-corrected chi connectivity index (χ4v) is 2.23. The van der Waals surface area contributed by atoms with Crippen molar-refractivity contribution >= 4 is 32.8 Å². The Balaban J connectivity index is 2.34. The SMILES string of the molecule is [c]1cccc2ncc3c4ccccc4oc3c12. The molecule has 0 bridgehead atoms. The van der Waals surface area contributed by atoms with Crippen molar-refractivity contribution in [3.05, 3.63) is 54.7 Å². The maximum Gasteiger partial charge on any atom is 0.146 e. The van der Waals surface area contributed by atoms with E-state index in [0.717, 1.165) is 32.8 Å². The molecule has 0 unspecified atom stereocenters. The van der Waals surface area contributed by atoms with Crippen LogP contribution in [-0.2, 0) is 0 Å². The number of aromatic nitrogens is 1. The van der Waals surface area contributed by atoms with E-state index in [4.69, 9.17) is 4.42 Å². The topological polar surface area (TPSA) is 26.0 Å². The van der Waals surface area contributed by atoms with E-state index in [9.17, 15) is 0 Å². The van der Waals surface area contributed by atoms with E-state index in [0.29, 0.717) is 0 Å². The highest BCUT2D eigenvalue weighted by molar-refractivity contribution is 6.13. The summed E-state index contributed by atoms with van der Waals surface area (Å²) in [7, 11) is 0. The molecule has 4 rings (SSSR count). The van der Waals surface area contributed by atoms with E-state index in [2.05, 4.69) is 17.1 Å². The lowest BCUT2D eigenvalue weighted by atomic mass is 10.1. The average molecular weight is 218 g/mol. The highest BCUT2D eigenvalue weighted by Crippen LogP contribution is 2.31. The van der Waals surface area contributed by atoms with Gasteiger partial charge in [0, 0.05) is 17.0 Å². The van der Waals surface area contributed by atoms with Crippen LogP contribution < -0.4 is 0 Å². The summed E-state index contributed by atoms with van der Waals surface area (Å²) in [6, 6.07) is 17.0. The summed E-state index contributed by atoms with van der Waals surface area (Å²) < 4.78 is 5.89. The Morgan fingerprint density at radius 2 is 1.94 bits per heavy atom. The fourth-order valence-electron chi connectivity index (χ4n) is 2.23. The van der Waals surface area contributed by atoms with Crippen LogP contribution in [0.3, 0.4) is 0 Å². The fraction of sp³-hybridized carbons (Fsp3) is 0. The molecule has 0 fully saturated rings. The molecule has 2 aromatic heterocycles. The number of fused-ring (bicyclic) bond motifs is 5. The molecule has 2 heterocycles. The van der Waals surface area contributed by atoms with Crippen molar-refractivity contribution in [3.8, 4) is 0 Å². The lowest BCUT2D eigenvalue weighted by Gasteiger charge is -1.95. The summed E-state index contributed by atoms with van der Waals surface area (Å²) in [5.74, 6) is 0. The van der Waals surface area contributed by atoms with Crippen LogP contribution in [-0.4, -0.2) is 4.98 Å². The summed E-state index contributed by atoms with van der Waals surface area (Å²) in [4.78, 5) is 4.44. The predicted molar refractivity (Wildman–Crippen MR) is 67.9 cm³/mol. The number of nitrogens with zero attached hydrogens (tertiary/aromatic N) is 1. The minimum Gasteiger partial charge on any atom is -0.455 e. The van der Waals surface area contributed by atoms with Gasteiger partial charge in [-0.25, -0.2) is 0 Å². The van der Waals surface area contributed by atoms with Gasteiger partial charge in [-0.05, 0) is 18.2 Å². The minimum absolute atomic E-state index is 0.872. The Bertz CT molecular complexity index is 845. The van der Waals surface area contributed by atoms with Crippen LogP contribution in [0.1, 0.15) is 0 Å². The van der Waals surface area contributed by atoms with Crippen molar-refractivity contribution in [1.82, 2.24) is 4.98 Å². The molecule has 0 saturated carbocycles. The van der Waals surface area contributed by atoms with Crippen molar-refractivity contribution in [2.75, 3.05) is 0 Å². The molecule has 0 spiro atoms. The van der Waals surface area contributed by atoms with E-state index >= 15 is 0 Å². The minimum atomic E-state index is 0.872. The number of hydrogen-bond donors (Lipinski definition) is 0. The van der Waals surface area contributed by atoms with Crippen LogP contribution in [0.5, 0.6) is 0 Å². The van der Waals surface area contributed by atoms with E-state index in [-0.39, 0.29) is 0 Å². The Hall–Kier alpha value is -2.35. The number of rotatable bonds is 0. The predicted octanol–water partition coefficient (Wildman–Crippen LogP) is 3.93. The van der Waals surface area contributed by atoms with Gasteiger partial charge in [0.15, 0.2) is 0 Å². The standard InChI is InChI=1S/C15H8NO/c1-3-7-13-11(6-1)15-12(9-16-13)10-5-2-4-8-14(10)17-15/h1-5,7-9H. The van der Waals surface area contributed by atoms with Gasteiger partial charge in [-0.3, -0.25) is 4.98 Å². The van der Waals surface area contributed by atoms with Crippen molar-refractivity contribution in [3.63, 3.8) is 0 Å². The molecule has 1 radical (unpaired) electrons. The third kappa shape index (κ3) is 1.12. The molecule has 0 atom stereocenters. The Morgan fingerprint density at radius 3 is 2.94 bits per heavy atom. The molecule has 4 aromatic rings. The van der Waals surface area contributed by atoms with Gasteiger partial charge >= 0.3 is 0 Å². The van der Waals surface area contributed by atoms with Crippen LogP contribution in [0, 0.1) is 6.07 Å². The molecule has 2 heteroatoms. The highest BCUT2D eigenvalue weighted by atomic mass is 16.3. The lowest BCUT2D eigenvalue weighted by molar-refractivity contribution is 0.672. The zero-order valence-electron chi connectivity index (χ0n) is 8.97. The van der Waals surface area contributed by atoms with Crippen molar-refractivity contribution in [2.24, 2.45) is 0 Å². The summed E-state index contributed by atoms with van der Waals surface area (Å²) >= 11 is 0. The van der Waals surface area contributed by atoms with E-state index < -0.39 is 0 Å². The van der Waals surface area contributed by atoms with Gasteiger partial charge in [0.25, 0.3) is 0 Å². The molecule has 79 valence electrons. The van der Waals surface area contributed by atoms with Crippen molar-refractivity contribution in [1.29, 1.82) is 0 Å². The average Bonchev–Trinajstić information content (AvgIpc) is 2.78. The largest absolute Gasteiger partial charge is 0.455 e. The Labute approximate surface area is 97.5 Å². The molecule has 0 saturated heterocycles. The zero-order chi connectivity index (χ0) is 11.2. The van der Waals surface area contributed by atoms with Gasteiger partial charge in [-0.15, -0.1) is 0 Å². The second kappa shape index (κ2) is 3.08. The van der Waals surface area contributed by atoms with Crippen molar-refractivity contribution < 1.29 is 4.42 Å². The summed E-state index contributed by atoms with van der Waals surface area (Å²) in [5.41, 5.74) is 2.69. The monoisotopic (exact) mass is 218 g/mol. The first-order valence-electron chi connectivity index (χ1n) is 5.50. The second-order valence-corrected chi connectivity index (χ2v) is 4.03. The van der Waals surface area contributed by atoms with E-state index in [1.54, 1.807) is 0 Å². The summed E-state index contributed by atoms with van der Waals surface area (Å²) in [6.07, 6.45) is 1.87. The van der Waals surface area contributed by atoms with Crippen LogP contribution >= 0.6 is 0 Å². The number of benzene rings is 2. The maximum absolute atomic E-state index is 5.89. The van der Waals surface area contributed by atoms with Gasteiger partial charge in [0.05, 0.1) is 10.9 Å². The van der Waals surface area contributed by atoms with Crippen LogP contribution in [0.2, 0.25) is 0 Å². The molecule has 17 heavy (non-hydrogen) atoms. The van der Waals surface area contributed by atoms with Gasteiger partial charge in [0.2, 0.25) is 0 Å². The van der Waals surface area contributed by atoms with Gasteiger partial charge < -0.3 is 4.42 Å². The zero-order valence-corrected chi connectivity index (χ0v) is 8.97. The van der Waals surface area contributed by atoms with Crippen molar-refractivity contribution in [2.45, 2.75) is 0 Å². The first-order chi connectivity index (χ1) is 8.43. The Morgan fingerprint density at radius 1 is 1.00 bits per heavy atom. The molecule has 2 aromatic carbocycles. The van der Waals surface area contributed by atoms with Crippen LogP contribution in [0.4, 0.5) is 0 Å². The molecule has 0 amide bonds. The maximum atomic E-state index is 5.89. The molecule has 2 nitrogen and oxygen atoms in total. The quantitative estimate of drug-likeness (QED) is 0.447. The van der Waals surface area contributed by atoms with E-state index in [1.165, 1.54) is 0 Å². The molecule has 0 aliphatic heterocycles.